The van der Waals surface area contributed by atoms with Gasteiger partial charge in [-0.25, -0.2) is 9.61 Å². The van der Waals surface area contributed by atoms with E-state index in [1.807, 2.05) is 47.9 Å². The second-order valence-corrected chi connectivity index (χ2v) is 5.66. The fourth-order valence-corrected chi connectivity index (χ4v) is 3.31. The highest BCUT2D eigenvalue weighted by molar-refractivity contribution is 5.84. The van der Waals surface area contributed by atoms with E-state index in [0.29, 0.717) is 23.9 Å². The van der Waals surface area contributed by atoms with Crippen molar-refractivity contribution in [3.63, 3.8) is 0 Å². The minimum absolute atomic E-state index is 0.474. The van der Waals surface area contributed by atoms with E-state index in [4.69, 9.17) is 14.3 Å². The molecule has 124 valence electrons. The van der Waals surface area contributed by atoms with Crippen LogP contribution in [0, 0.1) is 0 Å². The van der Waals surface area contributed by atoms with E-state index < -0.39 is 5.85 Å². The molecule has 0 fully saturated rings. The second kappa shape index (κ2) is 5.12. The van der Waals surface area contributed by atoms with E-state index in [2.05, 4.69) is 20.6 Å². The number of pyridine rings is 1. The van der Waals surface area contributed by atoms with Crippen molar-refractivity contribution in [3.05, 3.63) is 54.4 Å². The molecule has 3 aromatic heterocycles. The lowest BCUT2D eigenvalue weighted by Crippen LogP contribution is -2.48. The van der Waals surface area contributed by atoms with Gasteiger partial charge in [-0.1, -0.05) is 12.1 Å². The van der Waals surface area contributed by atoms with E-state index in [1.54, 1.807) is 12.4 Å². The molecule has 0 radical (unpaired) electrons. The number of imidazole rings is 1. The van der Waals surface area contributed by atoms with Crippen LogP contribution >= 0.6 is 0 Å². The molecule has 1 aliphatic heterocycles. The molecule has 1 atom stereocenters. The van der Waals surface area contributed by atoms with E-state index >= 15 is 0 Å². The van der Waals surface area contributed by atoms with Crippen molar-refractivity contribution in [2.45, 2.75) is 12.8 Å². The fraction of sp³-hybridized carbons (Fsp3) is 0.176. The zero-order valence-electron chi connectivity index (χ0n) is 13.4. The normalized spacial score (nSPS) is 18.6. The average Bonchev–Trinajstić information content (AvgIpc) is 3.26. The van der Waals surface area contributed by atoms with Crippen LogP contribution in [-0.4, -0.2) is 31.5 Å². The van der Waals surface area contributed by atoms with Gasteiger partial charge in [-0.2, -0.15) is 0 Å². The zero-order valence-corrected chi connectivity index (χ0v) is 13.4. The van der Waals surface area contributed by atoms with Crippen LogP contribution < -0.4 is 5.32 Å². The molecule has 8 nitrogen and oxygen atoms in total. The largest absolute Gasteiger partial charge is 0.334 e. The van der Waals surface area contributed by atoms with Gasteiger partial charge < -0.3 is 10.1 Å². The second-order valence-electron chi connectivity index (χ2n) is 5.66. The van der Waals surface area contributed by atoms with Gasteiger partial charge in [0.2, 0.25) is 5.82 Å². The molecular formula is C17H14N6O2. The Labute approximate surface area is 142 Å². The molecule has 25 heavy (non-hydrogen) atoms. The van der Waals surface area contributed by atoms with Gasteiger partial charge in [0.05, 0.1) is 11.0 Å². The van der Waals surface area contributed by atoms with Crippen molar-refractivity contribution in [1.82, 2.24) is 24.8 Å². The smallest absolute Gasteiger partial charge is 0.254 e. The highest BCUT2D eigenvalue weighted by Crippen LogP contribution is 2.42. The van der Waals surface area contributed by atoms with Gasteiger partial charge in [0.25, 0.3) is 5.85 Å². The fourth-order valence-electron chi connectivity index (χ4n) is 3.31. The maximum absolute atomic E-state index is 6.25. The maximum atomic E-state index is 6.25. The summed E-state index contributed by atoms with van der Waals surface area (Å²) in [6.45, 7) is 2.42. The summed E-state index contributed by atoms with van der Waals surface area (Å²) in [6, 6.07) is 11.7. The highest BCUT2D eigenvalue weighted by Gasteiger charge is 2.45. The van der Waals surface area contributed by atoms with Crippen molar-refractivity contribution < 1.29 is 9.37 Å². The number of hydrogen-bond donors (Lipinski definition) is 1. The van der Waals surface area contributed by atoms with E-state index in [0.717, 1.165) is 16.6 Å². The molecular weight excluding hydrogens is 320 g/mol. The van der Waals surface area contributed by atoms with E-state index in [1.165, 1.54) is 0 Å². The van der Waals surface area contributed by atoms with Crippen LogP contribution in [0.1, 0.15) is 12.5 Å². The number of benzene rings is 1. The number of fused-ring (bicyclic) bond motifs is 5. The molecule has 5 rings (SSSR count). The Hall–Kier alpha value is -3.26. The van der Waals surface area contributed by atoms with Crippen LogP contribution in [0.5, 0.6) is 0 Å². The molecule has 0 saturated heterocycles. The molecule has 0 bridgehead atoms. The summed E-state index contributed by atoms with van der Waals surface area (Å²) in [5.74, 6) is 0.115. The molecule has 1 aromatic carbocycles. The molecule has 0 unspecified atom stereocenters. The Morgan fingerprint density at radius 2 is 2.00 bits per heavy atom. The molecule has 0 saturated carbocycles. The maximum Gasteiger partial charge on any atom is 0.254 e. The third-order valence-corrected chi connectivity index (χ3v) is 4.29. The summed E-state index contributed by atoms with van der Waals surface area (Å²) in [6.07, 6.45) is 3.46. The Bertz CT molecular complexity index is 1060. The third kappa shape index (κ3) is 1.85. The van der Waals surface area contributed by atoms with Crippen LogP contribution in [-0.2, 0) is 10.6 Å². The Morgan fingerprint density at radius 1 is 1.16 bits per heavy atom. The van der Waals surface area contributed by atoms with E-state index in [-0.39, 0.29) is 0 Å². The third-order valence-electron chi connectivity index (χ3n) is 4.29. The van der Waals surface area contributed by atoms with Crippen LogP contribution in [0.4, 0.5) is 5.82 Å². The standard InChI is InChI=1S/C17H14N6O2/c1-2-24-17(11-7-9-18-10-8-11)20-15-14(21-25-22-15)16-19-12-5-3-4-6-13(12)23(16)17/h3-10H,2H2,1H3,(H,20,22)/t17-/m1/s1. The Morgan fingerprint density at radius 3 is 2.84 bits per heavy atom. The van der Waals surface area contributed by atoms with Gasteiger partial charge in [0.1, 0.15) is 0 Å². The summed E-state index contributed by atoms with van der Waals surface area (Å²) in [5.41, 5.74) is 3.19. The lowest BCUT2D eigenvalue weighted by molar-refractivity contribution is -0.0427. The quantitative estimate of drug-likeness (QED) is 0.616. The monoisotopic (exact) mass is 334 g/mol. The van der Waals surface area contributed by atoms with E-state index in [9.17, 15) is 0 Å². The van der Waals surface area contributed by atoms with Crippen molar-refractivity contribution >= 4 is 16.9 Å². The number of para-hydroxylation sites is 2. The average molecular weight is 334 g/mol. The number of anilines is 1. The zero-order chi connectivity index (χ0) is 16.9. The van der Waals surface area contributed by atoms with Gasteiger partial charge >= 0.3 is 0 Å². The van der Waals surface area contributed by atoms with Gasteiger partial charge in [0.15, 0.2) is 11.5 Å². The summed E-state index contributed by atoms with van der Waals surface area (Å²) in [7, 11) is 0. The number of ether oxygens (including phenoxy) is 1. The first-order chi connectivity index (χ1) is 12.3. The van der Waals surface area contributed by atoms with Crippen molar-refractivity contribution in [3.8, 4) is 11.5 Å². The van der Waals surface area contributed by atoms with Crippen molar-refractivity contribution in [2.24, 2.45) is 0 Å². The molecule has 1 aliphatic rings. The van der Waals surface area contributed by atoms with Gasteiger partial charge in [-0.3, -0.25) is 9.55 Å². The van der Waals surface area contributed by atoms with Crippen molar-refractivity contribution in [1.29, 1.82) is 0 Å². The molecule has 0 spiro atoms. The number of nitrogens with zero attached hydrogens (tertiary/aromatic N) is 5. The predicted octanol–water partition coefficient (Wildman–Crippen LogP) is 2.60. The minimum atomic E-state index is -1.02. The lowest BCUT2D eigenvalue weighted by atomic mass is 10.1. The van der Waals surface area contributed by atoms with Crippen LogP contribution in [0.25, 0.3) is 22.6 Å². The molecule has 1 N–H and O–H groups in total. The molecule has 4 heterocycles. The van der Waals surface area contributed by atoms with Crippen LogP contribution in [0.15, 0.2) is 53.4 Å². The summed E-state index contributed by atoms with van der Waals surface area (Å²) in [4.78, 5) is 8.85. The Balaban J connectivity index is 1.91. The summed E-state index contributed by atoms with van der Waals surface area (Å²) >= 11 is 0. The minimum Gasteiger partial charge on any atom is -0.334 e. The number of nitrogens with one attached hydrogen (secondary N) is 1. The topological polar surface area (TPSA) is 90.9 Å². The Kier molecular flexibility index (Phi) is 2.89. The van der Waals surface area contributed by atoms with Crippen molar-refractivity contribution in [2.75, 3.05) is 11.9 Å². The van der Waals surface area contributed by atoms with Crippen LogP contribution in [0.3, 0.4) is 0 Å². The first-order valence-electron chi connectivity index (χ1n) is 7.97. The number of rotatable bonds is 3. The first-order valence-corrected chi connectivity index (χ1v) is 7.97. The SMILES string of the molecule is CCO[C@]1(c2ccncc2)Nc2nonc2-c2nc3ccccc3n21. The molecule has 4 aromatic rings. The summed E-state index contributed by atoms with van der Waals surface area (Å²) in [5, 5.41) is 11.3. The highest BCUT2D eigenvalue weighted by atomic mass is 16.6. The lowest BCUT2D eigenvalue weighted by Gasteiger charge is -2.39. The van der Waals surface area contributed by atoms with Crippen LogP contribution in [0.2, 0.25) is 0 Å². The van der Waals surface area contributed by atoms with Gasteiger partial charge in [-0.05, 0) is 41.5 Å². The molecule has 8 heteroatoms. The van der Waals surface area contributed by atoms with Gasteiger partial charge in [0, 0.05) is 24.6 Å². The van der Waals surface area contributed by atoms with Gasteiger partial charge in [-0.15, -0.1) is 0 Å². The number of aromatic nitrogens is 5. The first kappa shape index (κ1) is 14.1. The predicted molar refractivity (Wildman–Crippen MR) is 89.6 cm³/mol. The molecule has 0 aliphatic carbocycles. The summed E-state index contributed by atoms with van der Waals surface area (Å²) < 4.78 is 13.2. The number of hydrogen-bond acceptors (Lipinski definition) is 7. The molecule has 0 amide bonds.